The van der Waals surface area contributed by atoms with Crippen molar-refractivity contribution >= 4 is 57.1 Å². The monoisotopic (exact) mass is 1250 g/mol. The largest absolute Gasteiger partial charge is 0.465 e. The van der Waals surface area contributed by atoms with Gasteiger partial charge in [-0.25, -0.2) is 0 Å². The minimum Gasteiger partial charge on any atom is -0.465 e. The molecule has 2 aliphatic rings. The average Bonchev–Trinajstić information content (AvgIpc) is 1.47. The molecular formula is C70H106O12Si4. The zero-order valence-electron chi connectivity index (χ0n) is 57.2. The predicted molar refractivity (Wildman–Crippen MR) is 357 cm³/mol. The Balaban J connectivity index is 2.08. The topological polar surface area (TPSA) is 142 Å². The normalized spacial score (nSPS) is 15.5. The van der Waals surface area contributed by atoms with Gasteiger partial charge in [0.05, 0.1) is 52.9 Å². The summed E-state index contributed by atoms with van der Waals surface area (Å²) < 4.78 is 54.4. The first kappa shape index (κ1) is 70.6. The van der Waals surface area contributed by atoms with E-state index in [1.165, 1.54) is 0 Å². The molecule has 0 N–H and O–H groups in total. The van der Waals surface area contributed by atoms with E-state index in [-0.39, 0.29) is 98.7 Å². The van der Waals surface area contributed by atoms with E-state index in [4.69, 9.17) is 36.7 Å². The van der Waals surface area contributed by atoms with Crippen LogP contribution in [0.4, 0.5) is 0 Å². The van der Waals surface area contributed by atoms with Gasteiger partial charge in [-0.3, -0.25) is 19.2 Å². The molecule has 0 aliphatic heterocycles. The fraction of sp³-hybridized carbons (Fsp3) is 0.600. The van der Waals surface area contributed by atoms with Crippen LogP contribution in [0.2, 0.25) is 72.5 Å². The van der Waals surface area contributed by atoms with Crippen molar-refractivity contribution in [2.75, 3.05) is 26.4 Å². The molecule has 0 fully saturated rings. The van der Waals surface area contributed by atoms with Crippen LogP contribution in [0.5, 0.6) is 0 Å². The Hall–Kier alpha value is -4.53. The predicted octanol–water partition coefficient (Wildman–Crippen LogP) is 17.2. The number of carbonyl (C=O) groups excluding carboxylic acids is 4. The maximum Gasteiger partial charge on any atom is 0.324 e. The summed E-state index contributed by atoms with van der Waals surface area (Å²) in [7, 11) is -10.5. The van der Waals surface area contributed by atoms with Crippen molar-refractivity contribution in [2.24, 2.45) is 10.8 Å². The smallest absolute Gasteiger partial charge is 0.324 e. The molecule has 0 atom stereocenters. The Labute approximate surface area is 521 Å². The van der Waals surface area contributed by atoms with Crippen molar-refractivity contribution in [1.82, 2.24) is 0 Å². The molecule has 0 bridgehead atoms. The Kier molecular flexibility index (Phi) is 21.4. The number of fused-ring (bicyclic) bond motifs is 2. The molecule has 4 aromatic rings. The Bertz CT molecular complexity index is 2870. The first-order valence-corrected chi connectivity index (χ1v) is 43.0. The van der Waals surface area contributed by atoms with Crippen LogP contribution in [-0.2, 0) is 108 Å². The third kappa shape index (κ3) is 13.9. The highest BCUT2D eigenvalue weighted by Crippen LogP contribution is 2.58. The molecule has 2 aliphatic carbocycles. The SMILES string of the molecule is CCOC(=O)C1(C(=O)OCC)Cc2c(c(-c3c(CO[Si](C)(C)C(C)(C)C)c(CO[Si](C)(C)C(C)(C)C)c(-c4ccccc4)c4c3CC(C(=O)OCC)(C(=O)OCC)C4)c(CO[Si](C)(C)C(C)(C)C)c(CO[Si](C)(C)C(C)(C)C)c2-c2ccccc2)C1. The average molecular weight is 1250 g/mol. The number of benzene rings is 4. The minimum absolute atomic E-state index is 0.0370. The van der Waals surface area contributed by atoms with Crippen molar-refractivity contribution in [3.05, 3.63) is 105 Å². The van der Waals surface area contributed by atoms with E-state index < -0.39 is 68.0 Å². The van der Waals surface area contributed by atoms with Crippen LogP contribution in [0.1, 0.15) is 155 Å². The van der Waals surface area contributed by atoms with Crippen molar-refractivity contribution in [2.45, 2.75) is 235 Å². The number of carbonyl (C=O) groups is 4. The molecule has 0 radical (unpaired) electrons. The molecule has 0 unspecified atom stereocenters. The van der Waals surface area contributed by atoms with Crippen molar-refractivity contribution < 1.29 is 55.8 Å². The second-order valence-corrected chi connectivity index (χ2v) is 49.2. The molecule has 0 spiro atoms. The van der Waals surface area contributed by atoms with E-state index in [1.54, 1.807) is 27.7 Å². The molecule has 0 amide bonds. The van der Waals surface area contributed by atoms with Gasteiger partial charge in [0.15, 0.2) is 44.1 Å². The van der Waals surface area contributed by atoms with Gasteiger partial charge >= 0.3 is 23.9 Å². The lowest BCUT2D eigenvalue weighted by Crippen LogP contribution is -2.43. The molecular weight excluding hydrogens is 1150 g/mol. The summed E-state index contributed by atoms with van der Waals surface area (Å²) in [6.07, 6.45) is -0.241. The van der Waals surface area contributed by atoms with Crippen LogP contribution in [-0.4, -0.2) is 83.6 Å². The van der Waals surface area contributed by atoms with Gasteiger partial charge in [0, 0.05) is 25.7 Å². The third-order valence-electron chi connectivity index (χ3n) is 20.4. The number of hydrogen-bond acceptors (Lipinski definition) is 12. The number of ether oxygens (including phenoxy) is 4. The summed E-state index contributed by atoms with van der Waals surface area (Å²) in [5, 5.41) is -0.821. The fourth-order valence-electron chi connectivity index (χ4n) is 10.9. The van der Waals surface area contributed by atoms with Gasteiger partial charge in [-0.2, -0.15) is 0 Å². The molecule has 0 heterocycles. The van der Waals surface area contributed by atoms with E-state index in [9.17, 15) is 0 Å². The molecule has 474 valence electrons. The first-order chi connectivity index (χ1) is 39.7. The van der Waals surface area contributed by atoms with Gasteiger partial charge in [0.25, 0.3) is 0 Å². The Morgan fingerprint density at radius 3 is 0.744 bits per heavy atom. The van der Waals surface area contributed by atoms with Crippen molar-refractivity contribution in [1.29, 1.82) is 0 Å². The molecule has 12 nitrogen and oxygen atoms in total. The van der Waals surface area contributed by atoms with Crippen molar-refractivity contribution in [3.8, 4) is 33.4 Å². The van der Waals surface area contributed by atoms with E-state index in [1.807, 2.05) is 36.4 Å². The van der Waals surface area contributed by atoms with Crippen LogP contribution < -0.4 is 0 Å². The van der Waals surface area contributed by atoms with Crippen LogP contribution in [0.3, 0.4) is 0 Å². The highest BCUT2D eigenvalue weighted by Gasteiger charge is 2.58. The zero-order valence-corrected chi connectivity index (χ0v) is 61.2. The molecule has 0 aromatic heterocycles. The van der Waals surface area contributed by atoms with Gasteiger partial charge in [-0.1, -0.05) is 144 Å². The van der Waals surface area contributed by atoms with Gasteiger partial charge < -0.3 is 36.7 Å². The highest BCUT2D eigenvalue weighted by atomic mass is 28.4. The first-order valence-electron chi connectivity index (χ1n) is 31.4. The van der Waals surface area contributed by atoms with E-state index >= 15 is 19.2 Å². The lowest BCUT2D eigenvalue weighted by atomic mass is 9.77. The van der Waals surface area contributed by atoms with E-state index in [0.29, 0.717) is 0 Å². The zero-order chi connectivity index (χ0) is 64.6. The summed E-state index contributed by atoms with van der Waals surface area (Å²) in [6, 6.07) is 20.4. The van der Waals surface area contributed by atoms with E-state index in [2.05, 4.69) is 160 Å². The molecule has 6 rings (SSSR count). The maximum atomic E-state index is 15.3. The number of esters is 4. The van der Waals surface area contributed by atoms with Crippen LogP contribution in [0, 0.1) is 10.8 Å². The molecule has 16 heteroatoms. The summed E-state index contributed by atoms with van der Waals surface area (Å²) in [5.74, 6) is -2.68. The lowest BCUT2D eigenvalue weighted by molar-refractivity contribution is -0.173. The van der Waals surface area contributed by atoms with Gasteiger partial charge in [-0.05, 0) is 178 Å². The van der Waals surface area contributed by atoms with Crippen molar-refractivity contribution in [3.63, 3.8) is 0 Å². The summed E-state index contributed by atoms with van der Waals surface area (Å²) in [4.78, 5) is 61.2. The number of hydrogen-bond donors (Lipinski definition) is 0. The summed E-state index contributed by atoms with van der Waals surface area (Å²) in [5.41, 5.74) is 7.84. The number of rotatable bonds is 23. The minimum atomic E-state index is -2.65. The standard InChI is InChI=1S/C70H106O12Si4/c1-25-75-61(71)69(62(72)76-26-2)39-49-51(41-69)59(55(45-81-85(21,22)67(11,12)13)53(43-79-83(17,18)65(5,6)7)57(49)47-35-31-29-32-36-47)60-52-42-70(63(73)77-27-3,64(74)78-28-4)40-50(52)58(48-37-33-30-34-38-48)54(44-80-84(19,20)66(8,9)10)56(60)46-82-86(23,24)68(14,15)16/h29-38H,25-28,39-46H2,1-24H3. The lowest BCUT2D eigenvalue weighted by Gasteiger charge is -2.39. The summed E-state index contributed by atoms with van der Waals surface area (Å²) >= 11 is 0. The molecule has 0 saturated heterocycles. The third-order valence-corrected chi connectivity index (χ3v) is 38.3. The Morgan fingerprint density at radius 2 is 0.547 bits per heavy atom. The fourth-order valence-corrected chi connectivity index (χ4v) is 14.6. The summed E-state index contributed by atoms with van der Waals surface area (Å²) in [6.45, 7) is 52.6. The quantitative estimate of drug-likeness (QED) is 0.0302. The van der Waals surface area contributed by atoms with Gasteiger partial charge in [-0.15, -0.1) is 0 Å². The Morgan fingerprint density at radius 1 is 0.349 bits per heavy atom. The van der Waals surface area contributed by atoms with Crippen LogP contribution in [0.25, 0.3) is 33.4 Å². The van der Waals surface area contributed by atoms with Gasteiger partial charge in [0.2, 0.25) is 0 Å². The van der Waals surface area contributed by atoms with E-state index in [0.717, 1.165) is 77.9 Å². The second kappa shape index (κ2) is 26.1. The highest BCUT2D eigenvalue weighted by molar-refractivity contribution is 6.75. The van der Waals surface area contributed by atoms with Crippen LogP contribution >= 0.6 is 0 Å². The molecule has 86 heavy (non-hydrogen) atoms. The maximum absolute atomic E-state index is 15.3. The molecule has 0 saturated carbocycles. The molecule has 4 aromatic carbocycles. The van der Waals surface area contributed by atoms with Gasteiger partial charge in [0.1, 0.15) is 0 Å². The second-order valence-electron chi connectivity index (χ2n) is 30.0. The van der Waals surface area contributed by atoms with Crippen LogP contribution in [0.15, 0.2) is 60.7 Å².